The quantitative estimate of drug-likeness (QED) is 0.812. The third-order valence-electron chi connectivity index (χ3n) is 4.88. The number of carbonyl (C=O) groups is 2. The summed E-state index contributed by atoms with van der Waals surface area (Å²) >= 11 is 7.44. The first-order chi connectivity index (χ1) is 12.0. The Morgan fingerprint density at radius 3 is 2.72 bits per heavy atom. The van der Waals surface area contributed by atoms with Crippen molar-refractivity contribution in [2.24, 2.45) is 5.92 Å². The molecule has 0 radical (unpaired) electrons. The van der Waals surface area contributed by atoms with Crippen LogP contribution in [-0.2, 0) is 17.8 Å². The number of nitrogens with one attached hydrogen (secondary N) is 1. The van der Waals surface area contributed by atoms with E-state index in [9.17, 15) is 9.59 Å². The molecule has 5 nitrogen and oxygen atoms in total. The Morgan fingerprint density at radius 1 is 1.32 bits per heavy atom. The molecule has 25 heavy (non-hydrogen) atoms. The normalized spacial score (nSPS) is 23.2. The van der Waals surface area contributed by atoms with Gasteiger partial charge in [0.1, 0.15) is 5.54 Å². The molecule has 130 valence electrons. The number of benzene rings is 1. The smallest absolute Gasteiger partial charge is 0.323 e. The Labute approximate surface area is 155 Å². The van der Waals surface area contributed by atoms with Gasteiger partial charge in [-0.1, -0.05) is 23.7 Å². The highest BCUT2D eigenvalue weighted by Gasteiger charge is 2.55. The number of hydrogen-bond acceptors (Lipinski definition) is 4. The lowest BCUT2D eigenvalue weighted by Crippen LogP contribution is -2.46. The van der Waals surface area contributed by atoms with Crippen molar-refractivity contribution in [3.05, 3.63) is 50.9 Å². The van der Waals surface area contributed by atoms with Gasteiger partial charge in [-0.15, -0.1) is 11.3 Å². The molecule has 2 aromatic rings. The van der Waals surface area contributed by atoms with Crippen molar-refractivity contribution in [2.75, 3.05) is 0 Å². The number of carbonyl (C=O) groups excluding carboxylic acids is 2. The molecular formula is C18H18ClN3O2S. The Hall–Kier alpha value is -1.92. The fourth-order valence-electron chi connectivity index (χ4n) is 3.24. The maximum Gasteiger partial charge on any atom is 0.325 e. The van der Waals surface area contributed by atoms with Gasteiger partial charge in [-0.3, -0.25) is 9.69 Å². The van der Waals surface area contributed by atoms with Crippen LogP contribution < -0.4 is 5.32 Å². The molecule has 1 N–H and O–H groups in total. The van der Waals surface area contributed by atoms with E-state index >= 15 is 0 Å². The van der Waals surface area contributed by atoms with E-state index in [0.717, 1.165) is 29.1 Å². The van der Waals surface area contributed by atoms with E-state index in [-0.39, 0.29) is 24.4 Å². The average molecular weight is 376 g/mol. The van der Waals surface area contributed by atoms with Crippen LogP contribution in [0.15, 0.2) is 29.6 Å². The molecule has 1 aliphatic heterocycles. The first kappa shape index (κ1) is 16.5. The predicted molar refractivity (Wildman–Crippen MR) is 96.6 cm³/mol. The summed E-state index contributed by atoms with van der Waals surface area (Å²) in [7, 11) is 0. The predicted octanol–water partition coefficient (Wildman–Crippen LogP) is 3.61. The fraction of sp³-hybridized carbons (Fsp3) is 0.389. The summed E-state index contributed by atoms with van der Waals surface area (Å²) in [6, 6.07) is 7.35. The van der Waals surface area contributed by atoms with Gasteiger partial charge in [0, 0.05) is 16.8 Å². The van der Waals surface area contributed by atoms with Crippen LogP contribution in [0, 0.1) is 5.92 Å². The van der Waals surface area contributed by atoms with Gasteiger partial charge in [-0.25, -0.2) is 9.78 Å². The average Bonchev–Trinajstić information content (AvgIpc) is 3.32. The zero-order valence-corrected chi connectivity index (χ0v) is 15.4. The van der Waals surface area contributed by atoms with Gasteiger partial charge in [-0.2, -0.15) is 0 Å². The van der Waals surface area contributed by atoms with Crippen molar-refractivity contribution in [1.29, 1.82) is 0 Å². The lowest BCUT2D eigenvalue weighted by molar-refractivity contribution is -0.131. The lowest BCUT2D eigenvalue weighted by atomic mass is 9.96. The molecule has 2 fully saturated rings. The molecule has 1 saturated carbocycles. The summed E-state index contributed by atoms with van der Waals surface area (Å²) < 4.78 is 0. The molecule has 2 heterocycles. The second-order valence-corrected chi connectivity index (χ2v) is 8.21. The number of halogens is 1. The Kier molecular flexibility index (Phi) is 4.04. The third-order valence-corrected chi connectivity index (χ3v) is 6.03. The minimum atomic E-state index is -0.737. The molecule has 3 amide bonds. The van der Waals surface area contributed by atoms with E-state index in [4.69, 9.17) is 11.6 Å². The van der Waals surface area contributed by atoms with Crippen LogP contribution in [0.2, 0.25) is 5.02 Å². The number of rotatable bonds is 5. The molecule has 1 saturated heterocycles. The van der Waals surface area contributed by atoms with E-state index in [1.165, 1.54) is 16.2 Å². The first-order valence-electron chi connectivity index (χ1n) is 8.27. The number of nitrogens with zero attached hydrogens (tertiary/aromatic N) is 2. The maximum atomic E-state index is 12.7. The third kappa shape index (κ3) is 3.16. The second-order valence-electron chi connectivity index (χ2n) is 6.83. The highest BCUT2D eigenvalue weighted by Crippen LogP contribution is 2.42. The highest BCUT2D eigenvalue weighted by atomic mass is 35.5. The molecule has 1 aromatic heterocycles. The van der Waals surface area contributed by atoms with Crippen molar-refractivity contribution < 1.29 is 9.59 Å². The molecule has 1 aromatic carbocycles. The van der Waals surface area contributed by atoms with Gasteiger partial charge in [0.2, 0.25) is 0 Å². The zero-order valence-electron chi connectivity index (χ0n) is 13.8. The largest absolute Gasteiger partial charge is 0.325 e. The standard InChI is InChI=1S/C18H18ClN3O2S/c1-18(12-4-5-12)16(23)22(17(24)21-18)9-14-10-25-15(20-14)8-11-2-6-13(19)7-3-11/h2-3,6-7,10,12H,4-5,8-9H2,1H3,(H,21,24). The molecule has 1 aliphatic carbocycles. The van der Waals surface area contributed by atoms with Crippen molar-refractivity contribution in [3.63, 3.8) is 0 Å². The van der Waals surface area contributed by atoms with Crippen molar-refractivity contribution in [3.8, 4) is 0 Å². The van der Waals surface area contributed by atoms with E-state index in [0.29, 0.717) is 11.4 Å². The van der Waals surface area contributed by atoms with Gasteiger partial charge in [-0.05, 0) is 43.4 Å². The van der Waals surface area contributed by atoms with E-state index in [2.05, 4.69) is 10.3 Å². The number of hydrogen-bond donors (Lipinski definition) is 1. The van der Waals surface area contributed by atoms with Gasteiger partial charge in [0.15, 0.2) is 0 Å². The highest BCUT2D eigenvalue weighted by molar-refractivity contribution is 7.09. The van der Waals surface area contributed by atoms with Crippen LogP contribution in [0.1, 0.15) is 36.0 Å². The summed E-state index contributed by atoms with van der Waals surface area (Å²) in [5.41, 5.74) is 1.14. The molecule has 4 rings (SSSR count). The minimum Gasteiger partial charge on any atom is -0.323 e. The van der Waals surface area contributed by atoms with E-state index in [1.807, 2.05) is 36.6 Å². The SMILES string of the molecule is CC1(C2CC2)NC(=O)N(Cc2csc(Cc3ccc(Cl)cc3)n2)C1=O. The molecule has 7 heteroatoms. The number of thiazole rings is 1. The fourth-order valence-corrected chi connectivity index (χ4v) is 4.18. The molecule has 0 bridgehead atoms. The lowest BCUT2D eigenvalue weighted by Gasteiger charge is -2.20. The summed E-state index contributed by atoms with van der Waals surface area (Å²) in [5, 5.41) is 6.44. The summed E-state index contributed by atoms with van der Waals surface area (Å²) in [6.07, 6.45) is 2.71. The van der Waals surface area contributed by atoms with Gasteiger partial charge in [0.05, 0.1) is 17.2 Å². The van der Waals surface area contributed by atoms with Gasteiger partial charge < -0.3 is 5.32 Å². The molecule has 1 atom stereocenters. The Balaban J connectivity index is 1.45. The molecule has 2 aliphatic rings. The monoisotopic (exact) mass is 375 g/mol. The number of imide groups is 1. The van der Waals surface area contributed by atoms with E-state index in [1.54, 1.807) is 0 Å². The number of urea groups is 1. The van der Waals surface area contributed by atoms with Crippen LogP contribution in [0.25, 0.3) is 0 Å². The Morgan fingerprint density at radius 2 is 2.04 bits per heavy atom. The van der Waals surface area contributed by atoms with Crippen molar-refractivity contribution in [1.82, 2.24) is 15.2 Å². The van der Waals surface area contributed by atoms with Crippen LogP contribution in [0.3, 0.4) is 0 Å². The minimum absolute atomic E-state index is 0.132. The van der Waals surface area contributed by atoms with E-state index < -0.39 is 5.54 Å². The van der Waals surface area contributed by atoms with Crippen LogP contribution in [-0.4, -0.2) is 27.4 Å². The maximum absolute atomic E-state index is 12.7. The Bertz CT molecular complexity index is 831. The zero-order chi connectivity index (χ0) is 17.6. The molecule has 0 spiro atoms. The van der Waals surface area contributed by atoms with Crippen molar-refractivity contribution in [2.45, 2.75) is 38.3 Å². The van der Waals surface area contributed by atoms with Crippen LogP contribution >= 0.6 is 22.9 Å². The topological polar surface area (TPSA) is 62.3 Å². The second kappa shape index (κ2) is 6.11. The number of amides is 3. The number of aromatic nitrogens is 1. The van der Waals surface area contributed by atoms with Gasteiger partial charge >= 0.3 is 6.03 Å². The van der Waals surface area contributed by atoms with Crippen LogP contribution in [0.4, 0.5) is 4.79 Å². The van der Waals surface area contributed by atoms with Crippen molar-refractivity contribution >= 4 is 34.9 Å². The molecule has 1 unspecified atom stereocenters. The van der Waals surface area contributed by atoms with Crippen LogP contribution in [0.5, 0.6) is 0 Å². The van der Waals surface area contributed by atoms with Gasteiger partial charge in [0.25, 0.3) is 5.91 Å². The summed E-state index contributed by atoms with van der Waals surface area (Å²) in [4.78, 5) is 30.8. The molecular weight excluding hydrogens is 358 g/mol. The first-order valence-corrected chi connectivity index (χ1v) is 9.53. The summed E-state index contributed by atoms with van der Waals surface area (Å²) in [6.45, 7) is 2.06. The summed E-state index contributed by atoms with van der Waals surface area (Å²) in [5.74, 6) is 0.136.